The monoisotopic (exact) mass is 481 g/mol. The van der Waals surface area contributed by atoms with Crippen molar-refractivity contribution in [3.05, 3.63) is 113 Å². The van der Waals surface area contributed by atoms with Crippen LogP contribution in [0.5, 0.6) is 0 Å². The number of anilines is 1. The molecular formula is C29H24ClN3O2. The van der Waals surface area contributed by atoms with Crippen molar-refractivity contribution in [2.45, 2.75) is 0 Å². The van der Waals surface area contributed by atoms with Crippen LogP contribution in [0.2, 0.25) is 5.02 Å². The zero-order valence-electron chi connectivity index (χ0n) is 19.1. The Kier molecular flexibility index (Phi) is 6.59. The smallest absolute Gasteiger partial charge is 0.253 e. The van der Waals surface area contributed by atoms with E-state index in [2.05, 4.69) is 9.88 Å². The van der Waals surface area contributed by atoms with Crippen LogP contribution in [-0.2, 0) is 0 Å². The Hall–Kier alpha value is -3.96. The average molecular weight is 482 g/mol. The third kappa shape index (κ3) is 5.26. The van der Waals surface area contributed by atoms with Crippen LogP contribution in [0.4, 0.5) is 5.69 Å². The number of hydrogen-bond donors (Lipinski definition) is 0. The van der Waals surface area contributed by atoms with Crippen molar-refractivity contribution in [2.75, 3.05) is 31.1 Å². The predicted molar refractivity (Wildman–Crippen MR) is 141 cm³/mol. The van der Waals surface area contributed by atoms with Crippen molar-refractivity contribution in [3.8, 4) is 0 Å². The van der Waals surface area contributed by atoms with Gasteiger partial charge in [0.2, 0.25) is 0 Å². The maximum absolute atomic E-state index is 13.0. The van der Waals surface area contributed by atoms with Gasteiger partial charge < -0.3 is 9.80 Å². The summed E-state index contributed by atoms with van der Waals surface area (Å²) in [4.78, 5) is 34.2. The number of benzene rings is 3. The largest absolute Gasteiger partial charge is 0.368 e. The number of halogens is 1. The Bertz CT molecular complexity index is 1410. The number of nitrogens with zero attached hydrogens (tertiary/aromatic N) is 3. The molecule has 0 spiro atoms. The van der Waals surface area contributed by atoms with E-state index in [1.54, 1.807) is 30.3 Å². The van der Waals surface area contributed by atoms with Crippen LogP contribution in [0.15, 0.2) is 91.0 Å². The number of piperazine rings is 1. The molecule has 0 bridgehead atoms. The summed E-state index contributed by atoms with van der Waals surface area (Å²) in [6, 6.07) is 26.4. The van der Waals surface area contributed by atoms with Gasteiger partial charge in [0.15, 0.2) is 5.78 Å². The van der Waals surface area contributed by atoms with Gasteiger partial charge in [-0.3, -0.25) is 9.59 Å². The van der Waals surface area contributed by atoms with E-state index in [1.165, 1.54) is 6.08 Å². The summed E-state index contributed by atoms with van der Waals surface area (Å²) >= 11 is 6.11. The van der Waals surface area contributed by atoms with E-state index in [0.717, 1.165) is 35.4 Å². The minimum atomic E-state index is -0.130. The van der Waals surface area contributed by atoms with Gasteiger partial charge in [0.25, 0.3) is 5.91 Å². The Morgan fingerprint density at radius 3 is 2.31 bits per heavy atom. The Morgan fingerprint density at radius 1 is 0.800 bits per heavy atom. The van der Waals surface area contributed by atoms with Gasteiger partial charge in [0, 0.05) is 53.4 Å². The molecule has 2 heterocycles. The molecule has 1 aromatic heterocycles. The number of hydrogen-bond acceptors (Lipinski definition) is 4. The molecule has 1 amide bonds. The second-order valence-electron chi connectivity index (χ2n) is 8.46. The van der Waals surface area contributed by atoms with E-state index in [-0.39, 0.29) is 11.7 Å². The summed E-state index contributed by atoms with van der Waals surface area (Å²) in [7, 11) is 0. The van der Waals surface area contributed by atoms with Gasteiger partial charge in [-0.25, -0.2) is 4.98 Å². The molecule has 174 valence electrons. The maximum Gasteiger partial charge on any atom is 0.253 e. The van der Waals surface area contributed by atoms with Gasteiger partial charge in [-0.15, -0.1) is 0 Å². The fourth-order valence-corrected chi connectivity index (χ4v) is 4.42. The maximum atomic E-state index is 13.0. The minimum absolute atomic E-state index is 0.0225. The third-order valence-corrected chi connectivity index (χ3v) is 6.42. The minimum Gasteiger partial charge on any atom is -0.368 e. The number of carbonyl (C=O) groups excluding carboxylic acids is 2. The van der Waals surface area contributed by atoms with Crippen LogP contribution in [0.1, 0.15) is 26.4 Å². The van der Waals surface area contributed by atoms with Crippen molar-refractivity contribution >= 4 is 46.0 Å². The summed E-state index contributed by atoms with van der Waals surface area (Å²) < 4.78 is 0. The molecule has 0 radical (unpaired) electrons. The van der Waals surface area contributed by atoms with Crippen LogP contribution >= 0.6 is 11.6 Å². The second-order valence-corrected chi connectivity index (χ2v) is 8.90. The number of aromatic nitrogens is 1. The van der Waals surface area contributed by atoms with Crippen molar-refractivity contribution in [1.29, 1.82) is 0 Å². The Morgan fingerprint density at radius 2 is 1.54 bits per heavy atom. The molecule has 4 aromatic rings. The highest BCUT2D eigenvalue weighted by molar-refractivity contribution is 6.30. The van der Waals surface area contributed by atoms with Crippen LogP contribution < -0.4 is 4.90 Å². The topological polar surface area (TPSA) is 53.5 Å². The summed E-state index contributed by atoms with van der Waals surface area (Å²) in [5.74, 6) is -0.153. The van der Waals surface area contributed by atoms with Gasteiger partial charge in [0.1, 0.15) is 0 Å². The molecule has 5 rings (SSSR count). The number of allylic oxidation sites excluding steroid dienone is 1. The van der Waals surface area contributed by atoms with E-state index >= 15 is 0 Å². The van der Waals surface area contributed by atoms with Crippen LogP contribution in [-0.4, -0.2) is 47.8 Å². The molecular weight excluding hydrogens is 458 g/mol. The summed E-state index contributed by atoms with van der Waals surface area (Å²) in [5, 5.41) is 1.76. The molecule has 1 aliphatic rings. The van der Waals surface area contributed by atoms with Gasteiger partial charge in [0.05, 0.1) is 11.2 Å². The third-order valence-electron chi connectivity index (χ3n) is 6.18. The quantitative estimate of drug-likeness (QED) is 0.269. The summed E-state index contributed by atoms with van der Waals surface area (Å²) in [5.41, 5.74) is 3.79. The first-order valence-electron chi connectivity index (χ1n) is 11.5. The summed E-state index contributed by atoms with van der Waals surface area (Å²) in [6.07, 6.45) is 3.23. The molecule has 3 aromatic carbocycles. The highest BCUT2D eigenvalue weighted by Crippen LogP contribution is 2.21. The van der Waals surface area contributed by atoms with E-state index < -0.39 is 0 Å². The van der Waals surface area contributed by atoms with Crippen molar-refractivity contribution in [1.82, 2.24) is 9.88 Å². The molecule has 0 saturated carbocycles. The SMILES string of the molecule is O=C(/C=C/c1ccc2ccccc2n1)c1ccc(C(=O)N2CCN(c3cccc(Cl)c3)CC2)cc1. The molecule has 6 heteroatoms. The molecule has 35 heavy (non-hydrogen) atoms. The van der Waals surface area contributed by atoms with Crippen LogP contribution in [0.3, 0.4) is 0 Å². The van der Waals surface area contributed by atoms with E-state index in [0.29, 0.717) is 29.2 Å². The lowest BCUT2D eigenvalue weighted by Crippen LogP contribution is -2.48. The van der Waals surface area contributed by atoms with Gasteiger partial charge in [-0.2, -0.15) is 0 Å². The fourth-order valence-electron chi connectivity index (χ4n) is 4.23. The molecule has 0 aliphatic carbocycles. The number of para-hydroxylation sites is 1. The van der Waals surface area contributed by atoms with Gasteiger partial charge >= 0.3 is 0 Å². The zero-order chi connectivity index (χ0) is 24.2. The van der Waals surface area contributed by atoms with E-state index in [9.17, 15) is 9.59 Å². The number of ketones is 1. The molecule has 1 saturated heterocycles. The first-order chi connectivity index (χ1) is 17.1. The summed E-state index contributed by atoms with van der Waals surface area (Å²) in [6.45, 7) is 2.76. The Labute approximate surface area is 209 Å². The number of carbonyl (C=O) groups is 2. The van der Waals surface area contributed by atoms with Crippen LogP contribution in [0.25, 0.3) is 17.0 Å². The van der Waals surface area contributed by atoms with Crippen molar-refractivity contribution in [2.24, 2.45) is 0 Å². The zero-order valence-corrected chi connectivity index (χ0v) is 19.9. The van der Waals surface area contributed by atoms with Crippen LogP contribution in [0, 0.1) is 0 Å². The lowest BCUT2D eigenvalue weighted by atomic mass is 10.1. The van der Waals surface area contributed by atoms with Gasteiger partial charge in [-0.05, 0) is 54.6 Å². The first kappa shape index (κ1) is 22.8. The molecule has 5 nitrogen and oxygen atoms in total. The molecule has 0 N–H and O–H groups in total. The molecule has 1 aliphatic heterocycles. The van der Waals surface area contributed by atoms with Crippen molar-refractivity contribution < 1.29 is 9.59 Å². The predicted octanol–water partition coefficient (Wildman–Crippen LogP) is 5.75. The second kappa shape index (κ2) is 10.1. The highest BCUT2D eigenvalue weighted by atomic mass is 35.5. The van der Waals surface area contributed by atoms with Gasteiger partial charge in [-0.1, -0.05) is 54.1 Å². The molecule has 0 atom stereocenters. The highest BCUT2D eigenvalue weighted by Gasteiger charge is 2.22. The molecule has 1 fully saturated rings. The average Bonchev–Trinajstić information content (AvgIpc) is 2.91. The fraction of sp³-hybridized carbons (Fsp3) is 0.138. The normalized spacial score (nSPS) is 14.0. The first-order valence-corrected chi connectivity index (χ1v) is 11.9. The number of pyridine rings is 1. The number of rotatable bonds is 5. The number of fused-ring (bicyclic) bond motifs is 1. The standard InChI is InChI=1S/C29H24ClN3O2/c30-24-5-3-6-26(20-24)32-16-18-33(19-17-32)29(35)23-10-8-22(9-11-23)28(34)15-14-25-13-12-21-4-1-2-7-27(21)31-25/h1-15,20H,16-19H2/b15-14+. The number of amides is 1. The lowest BCUT2D eigenvalue weighted by molar-refractivity contribution is 0.0746. The van der Waals surface area contributed by atoms with Crippen molar-refractivity contribution in [3.63, 3.8) is 0 Å². The molecule has 0 unspecified atom stereocenters. The lowest BCUT2D eigenvalue weighted by Gasteiger charge is -2.36. The van der Waals surface area contributed by atoms with E-state index in [1.807, 2.05) is 65.6 Å². The Balaban J connectivity index is 1.20. The van der Waals surface area contributed by atoms with E-state index in [4.69, 9.17) is 11.6 Å².